The number of benzene rings is 2. The van der Waals surface area contributed by atoms with Crippen molar-refractivity contribution in [2.24, 2.45) is 34.2 Å². The molecule has 3 aliphatic rings. The molecule has 0 radical (unpaired) electrons. The lowest BCUT2D eigenvalue weighted by atomic mass is 9.99. The number of H-pyrrole nitrogens is 1. The van der Waals surface area contributed by atoms with E-state index in [1.807, 2.05) is 32.0 Å². The number of hydrogen-bond acceptors (Lipinski definition) is 13. The minimum atomic E-state index is -1.90. The van der Waals surface area contributed by atoms with Crippen molar-refractivity contribution in [3.63, 3.8) is 0 Å². The van der Waals surface area contributed by atoms with Gasteiger partial charge in [-0.05, 0) is 93.2 Å². The van der Waals surface area contributed by atoms with Crippen LogP contribution in [-0.4, -0.2) is 182 Å². The fourth-order valence-corrected chi connectivity index (χ4v) is 11.4. The Morgan fingerprint density at radius 3 is 1.56 bits per heavy atom. The number of rotatable bonds is 16. The van der Waals surface area contributed by atoms with Crippen LogP contribution in [-0.2, 0) is 65.6 Å². The van der Waals surface area contributed by atoms with E-state index in [1.54, 1.807) is 70.3 Å². The maximum atomic E-state index is 15.1. The second kappa shape index (κ2) is 31.9. The molecule has 27 nitrogen and oxygen atoms in total. The Balaban J connectivity index is 1.43. The number of nitrogens with two attached hydrogens (primary N) is 2. The molecule has 4 heterocycles. The summed E-state index contributed by atoms with van der Waals surface area (Å²) in [5.74, 6) is -11.3. The predicted molar refractivity (Wildman–Crippen MR) is 325 cm³/mol. The molecule has 10 amide bonds. The van der Waals surface area contributed by atoms with Crippen LogP contribution in [0, 0.1) is 17.8 Å². The highest BCUT2D eigenvalue weighted by molar-refractivity contribution is 6.01. The number of aliphatic hydroxyl groups excluding tert-OH is 1. The third-order valence-electron chi connectivity index (χ3n) is 15.9. The van der Waals surface area contributed by atoms with Gasteiger partial charge in [-0.1, -0.05) is 90.1 Å². The number of carbonyl (C=O) groups excluding carboxylic acids is 10. The number of nitrogens with one attached hydrogen (secondary N) is 9. The van der Waals surface area contributed by atoms with Crippen LogP contribution in [0.15, 0.2) is 65.8 Å². The van der Waals surface area contributed by atoms with E-state index in [2.05, 4.69) is 52.5 Å². The van der Waals surface area contributed by atoms with Gasteiger partial charge in [0.05, 0.1) is 12.5 Å². The van der Waals surface area contributed by atoms with Gasteiger partial charge >= 0.3 is 5.97 Å². The van der Waals surface area contributed by atoms with Crippen LogP contribution in [0.2, 0.25) is 0 Å². The van der Waals surface area contributed by atoms with Crippen LogP contribution in [0.4, 0.5) is 0 Å². The molecule has 1 aromatic heterocycles. The van der Waals surface area contributed by atoms with Crippen molar-refractivity contribution in [3.8, 4) is 0 Å². The number of para-hydroxylation sites is 1. The number of carbonyl (C=O) groups is 11. The standard InChI is InChI=1S/C61H88N14O13/c1-32(2)26-41-52(80)70-44(28-36-16-9-8-10-17-36)59(87)74-24-15-22-47(74)56(84)73-50(35(7)76)58(86)69-43(30-48(77)78)54(82)68-42(27-33(3)4)53(81)71-45(29-37-31-65-39-19-12-11-18-38(37)39)60(88)75-25-14-21-46(75)55(83)72-49(34(5)6)57(85)66-40(51(79)67-41)20-13-23-64-61(62)63/h8-12,16-19,31-35,40-47,49-50,65,76H,13-15,20-30H2,1-7H3,(H,66,85)(H,67,79)(H,68,82)(H,69,86)(H,70,80)(H,71,81)(H,72,83)(H,73,84)(H,77,78)(H4,62,63,64)/t35-,40+,41+,42+,43+,44-,45-,46+,47+,49+,50+/m1/s1. The SMILES string of the molecule is CC(C)C[C@@H]1NC(=O)[C@H](CC(=O)O)NC(=O)[C@H]([C@@H](C)O)NC(=O)[C@@H]2CCCN2C(=O)[C@@H](Cc2ccccc2)NC(=O)[C@H](CC(C)C)NC(=O)[C@H](CCCN=C(N)N)NC(=O)[C@H](C(C)C)NC(=O)[C@@H]2CCCN2C(=O)[C@@H](Cc2c[nH]c3ccccc23)NC1=O. The highest BCUT2D eigenvalue weighted by Gasteiger charge is 2.44. The second-order valence-corrected chi connectivity index (χ2v) is 24.3. The normalized spacial score (nSPS) is 25.8. The Morgan fingerprint density at radius 2 is 1.03 bits per heavy atom. The molecule has 0 bridgehead atoms. The van der Waals surface area contributed by atoms with Gasteiger partial charge in [-0.2, -0.15) is 0 Å². The number of aromatic nitrogens is 1. The van der Waals surface area contributed by atoms with Crippen LogP contribution >= 0.6 is 0 Å². The molecule has 27 heteroatoms. The van der Waals surface area contributed by atoms with Gasteiger partial charge in [-0.25, -0.2) is 0 Å². The van der Waals surface area contributed by atoms with Crippen LogP contribution < -0.4 is 54.0 Å². The molecule has 15 N–H and O–H groups in total. The molecule has 0 unspecified atom stereocenters. The number of aliphatic hydroxyl groups is 1. The molecule has 0 saturated carbocycles. The average Bonchev–Trinajstić information content (AvgIpc) is 3.98. The number of carboxylic acids is 1. The number of aromatic amines is 1. The molecule has 2 aromatic carbocycles. The summed E-state index contributed by atoms with van der Waals surface area (Å²) in [6.45, 7) is 11.8. The minimum absolute atomic E-state index is 0.0255. The van der Waals surface area contributed by atoms with E-state index < -0.39 is 144 Å². The largest absolute Gasteiger partial charge is 0.481 e. The molecule has 88 heavy (non-hydrogen) atoms. The molecule has 3 aromatic rings. The Kier molecular flexibility index (Phi) is 24.8. The third-order valence-corrected chi connectivity index (χ3v) is 15.9. The lowest BCUT2D eigenvalue weighted by molar-refractivity contribution is -0.144. The summed E-state index contributed by atoms with van der Waals surface area (Å²) >= 11 is 0. The maximum absolute atomic E-state index is 15.1. The van der Waals surface area contributed by atoms with Gasteiger partial charge in [0, 0.05) is 49.6 Å². The molecular weight excluding hydrogens is 1140 g/mol. The Morgan fingerprint density at radius 1 is 0.568 bits per heavy atom. The number of guanidine groups is 1. The molecule has 6 rings (SSSR count). The molecule has 3 fully saturated rings. The van der Waals surface area contributed by atoms with Gasteiger partial charge in [-0.3, -0.25) is 57.7 Å². The molecular formula is C61H88N14O13. The summed E-state index contributed by atoms with van der Waals surface area (Å²) in [5.41, 5.74) is 13.2. The average molecular weight is 1230 g/mol. The first-order valence-corrected chi connectivity index (χ1v) is 30.3. The number of aliphatic carboxylic acids is 1. The number of aliphatic imine (C=N–C) groups is 1. The first kappa shape index (κ1) is 68.5. The smallest absolute Gasteiger partial charge is 0.305 e. The number of fused-ring (bicyclic) bond motifs is 3. The summed E-state index contributed by atoms with van der Waals surface area (Å²) in [7, 11) is 0. The maximum Gasteiger partial charge on any atom is 0.305 e. The van der Waals surface area contributed by atoms with Gasteiger partial charge < -0.3 is 79.0 Å². The van der Waals surface area contributed by atoms with Crippen LogP contribution in [0.1, 0.15) is 117 Å². The van der Waals surface area contributed by atoms with Gasteiger partial charge in [0.25, 0.3) is 0 Å². The van der Waals surface area contributed by atoms with Crippen LogP contribution in [0.25, 0.3) is 10.9 Å². The van der Waals surface area contributed by atoms with Crippen molar-refractivity contribution in [3.05, 3.63) is 71.9 Å². The number of nitrogens with zero attached hydrogens (tertiary/aromatic N) is 3. The third kappa shape index (κ3) is 18.9. The highest BCUT2D eigenvalue weighted by atomic mass is 16.4. The minimum Gasteiger partial charge on any atom is -0.481 e. The van der Waals surface area contributed by atoms with E-state index in [1.165, 1.54) is 16.7 Å². The monoisotopic (exact) mass is 1220 g/mol. The van der Waals surface area contributed by atoms with E-state index in [9.17, 15) is 58.2 Å². The Hall–Kier alpha value is -8.62. The fraction of sp³-hybridized carbons (Fsp3) is 0.574. The molecule has 3 saturated heterocycles. The molecule has 480 valence electrons. The van der Waals surface area contributed by atoms with Crippen molar-refractivity contribution in [1.29, 1.82) is 0 Å². The van der Waals surface area contributed by atoms with Crippen LogP contribution in [0.3, 0.4) is 0 Å². The van der Waals surface area contributed by atoms with Gasteiger partial charge in [0.1, 0.15) is 60.4 Å². The molecule has 3 aliphatic heterocycles. The van der Waals surface area contributed by atoms with E-state index in [-0.39, 0.29) is 88.8 Å². The van der Waals surface area contributed by atoms with Gasteiger partial charge in [0.2, 0.25) is 59.1 Å². The van der Waals surface area contributed by atoms with E-state index in [4.69, 9.17) is 11.5 Å². The topological polar surface area (TPSA) is 411 Å². The van der Waals surface area contributed by atoms with Crippen molar-refractivity contribution < 1.29 is 63.0 Å². The van der Waals surface area contributed by atoms with E-state index in [0.717, 1.165) is 10.9 Å². The summed E-state index contributed by atoms with van der Waals surface area (Å²) < 4.78 is 0. The lowest BCUT2D eigenvalue weighted by Gasteiger charge is -2.32. The number of carboxylic acid groups (broad SMARTS) is 1. The highest BCUT2D eigenvalue weighted by Crippen LogP contribution is 2.25. The van der Waals surface area contributed by atoms with Gasteiger partial charge in [-0.15, -0.1) is 0 Å². The molecule has 0 spiro atoms. The van der Waals surface area contributed by atoms with Crippen molar-refractivity contribution >= 4 is 81.9 Å². The van der Waals surface area contributed by atoms with Crippen molar-refractivity contribution in [2.45, 2.75) is 186 Å². The molecule has 11 atom stereocenters. The summed E-state index contributed by atoms with van der Waals surface area (Å²) in [6, 6.07) is 1.72. The van der Waals surface area contributed by atoms with Crippen molar-refractivity contribution in [2.75, 3.05) is 19.6 Å². The first-order valence-electron chi connectivity index (χ1n) is 30.3. The zero-order chi connectivity index (χ0) is 64.5. The summed E-state index contributed by atoms with van der Waals surface area (Å²) in [6.07, 6.45) is -0.180. The zero-order valence-corrected chi connectivity index (χ0v) is 51.1. The first-order chi connectivity index (χ1) is 41.7. The van der Waals surface area contributed by atoms with E-state index in [0.29, 0.717) is 24.0 Å². The molecule has 0 aliphatic carbocycles. The van der Waals surface area contributed by atoms with Gasteiger partial charge in [0.15, 0.2) is 5.96 Å². The lowest BCUT2D eigenvalue weighted by Crippen LogP contribution is -2.62. The zero-order valence-electron chi connectivity index (χ0n) is 51.1. The quantitative estimate of drug-likeness (QED) is 0.0488. The summed E-state index contributed by atoms with van der Waals surface area (Å²) in [5, 5.41) is 43.2. The predicted octanol–water partition coefficient (Wildman–Crippen LogP) is -0.516. The van der Waals surface area contributed by atoms with Crippen molar-refractivity contribution in [1.82, 2.24) is 57.3 Å². The number of amides is 10. The fourth-order valence-electron chi connectivity index (χ4n) is 11.4. The number of hydrogen-bond donors (Lipinski definition) is 13. The van der Waals surface area contributed by atoms with E-state index >= 15 is 4.79 Å². The second-order valence-electron chi connectivity index (χ2n) is 24.3. The van der Waals surface area contributed by atoms with Crippen LogP contribution in [0.5, 0.6) is 0 Å². The summed E-state index contributed by atoms with van der Waals surface area (Å²) in [4.78, 5) is 168. The Labute approximate surface area is 511 Å². The Bertz CT molecular complexity index is 3020.